The molecule has 0 radical (unpaired) electrons. The van der Waals surface area contributed by atoms with Gasteiger partial charge in [0.1, 0.15) is 0 Å². The summed E-state index contributed by atoms with van der Waals surface area (Å²) >= 11 is 5.65. The molecule has 0 aliphatic heterocycles. The molecule has 16 heavy (non-hydrogen) atoms. The van der Waals surface area contributed by atoms with Crippen LogP contribution in [-0.2, 0) is 6.54 Å². The zero-order valence-corrected chi connectivity index (χ0v) is 10.2. The fourth-order valence-electron chi connectivity index (χ4n) is 1.34. The quantitative estimate of drug-likeness (QED) is 0.786. The summed E-state index contributed by atoms with van der Waals surface area (Å²) in [6.45, 7) is 4.26. The van der Waals surface area contributed by atoms with Crippen LogP contribution in [0.2, 0.25) is 0 Å². The second kappa shape index (κ2) is 5.60. The van der Waals surface area contributed by atoms with Gasteiger partial charge >= 0.3 is 0 Å². The Hall–Kier alpha value is -0.670. The molecule has 0 spiro atoms. The molecule has 4 heteroatoms. The smallest absolute Gasteiger partial charge is 0.163 e. The van der Waals surface area contributed by atoms with Gasteiger partial charge in [-0.1, -0.05) is 12.1 Å². The highest BCUT2D eigenvalue weighted by atomic mass is 35.5. The summed E-state index contributed by atoms with van der Waals surface area (Å²) in [6.07, 6.45) is 0.769. The fraction of sp³-hybridized carbons (Fsp3) is 0.500. The van der Waals surface area contributed by atoms with Gasteiger partial charge in [-0.3, -0.25) is 0 Å². The van der Waals surface area contributed by atoms with Crippen molar-refractivity contribution in [3.63, 3.8) is 0 Å². The average molecular weight is 248 g/mol. The van der Waals surface area contributed by atoms with Crippen LogP contribution in [0.1, 0.15) is 25.8 Å². The molecule has 0 saturated carbocycles. The molecule has 0 fully saturated rings. The maximum atomic E-state index is 13.3. The van der Waals surface area contributed by atoms with Crippen molar-refractivity contribution in [1.29, 1.82) is 0 Å². The molecule has 1 aromatic rings. The Bertz CT molecular complexity index is 353. The third-order valence-electron chi connectivity index (χ3n) is 2.51. The predicted molar refractivity (Wildman–Crippen MR) is 62.6 cm³/mol. The van der Waals surface area contributed by atoms with E-state index in [1.807, 2.05) is 13.8 Å². The molecule has 0 heterocycles. The third kappa shape index (κ3) is 3.72. The standard InChI is InChI=1S/C12H16ClF2N/c1-12(2,6-7-13)16-8-9-4-3-5-10(14)11(9)15/h3-5,16H,6-8H2,1-2H3. The molecule has 0 amide bonds. The lowest BCUT2D eigenvalue weighted by atomic mass is 10.0. The summed E-state index contributed by atoms with van der Waals surface area (Å²) in [4.78, 5) is 0. The average Bonchev–Trinajstić information content (AvgIpc) is 2.20. The number of benzene rings is 1. The van der Waals surface area contributed by atoms with E-state index >= 15 is 0 Å². The van der Waals surface area contributed by atoms with E-state index in [0.29, 0.717) is 18.0 Å². The summed E-state index contributed by atoms with van der Waals surface area (Å²) < 4.78 is 26.2. The Morgan fingerprint density at radius 1 is 1.31 bits per heavy atom. The Morgan fingerprint density at radius 3 is 2.62 bits per heavy atom. The van der Waals surface area contributed by atoms with Crippen molar-refractivity contribution in [2.45, 2.75) is 32.4 Å². The lowest BCUT2D eigenvalue weighted by Gasteiger charge is -2.25. The zero-order chi connectivity index (χ0) is 12.2. The zero-order valence-electron chi connectivity index (χ0n) is 9.49. The predicted octanol–water partition coefficient (Wildman–Crippen LogP) is 3.46. The number of halogens is 3. The lowest BCUT2D eigenvalue weighted by Crippen LogP contribution is -2.39. The van der Waals surface area contributed by atoms with Crippen molar-refractivity contribution in [3.8, 4) is 0 Å². The van der Waals surface area contributed by atoms with Gasteiger partial charge in [0.25, 0.3) is 0 Å². The first kappa shape index (κ1) is 13.4. The summed E-state index contributed by atoms with van der Waals surface area (Å²) in [5.74, 6) is -1.06. The number of nitrogens with one attached hydrogen (secondary N) is 1. The summed E-state index contributed by atoms with van der Waals surface area (Å²) in [6, 6.07) is 4.19. The lowest BCUT2D eigenvalue weighted by molar-refractivity contribution is 0.370. The maximum absolute atomic E-state index is 13.3. The molecule has 1 rings (SSSR count). The molecule has 0 aromatic heterocycles. The molecule has 1 N–H and O–H groups in total. The SMILES string of the molecule is CC(C)(CCCl)NCc1cccc(F)c1F. The summed E-state index contributed by atoms with van der Waals surface area (Å²) in [7, 11) is 0. The van der Waals surface area contributed by atoms with E-state index in [9.17, 15) is 8.78 Å². The Kier molecular flexibility index (Phi) is 4.69. The van der Waals surface area contributed by atoms with Gasteiger partial charge in [0.15, 0.2) is 11.6 Å². The van der Waals surface area contributed by atoms with Gasteiger partial charge in [0.2, 0.25) is 0 Å². The van der Waals surface area contributed by atoms with Crippen LogP contribution < -0.4 is 5.32 Å². The fourth-order valence-corrected chi connectivity index (χ4v) is 1.82. The van der Waals surface area contributed by atoms with Crippen LogP contribution in [0.15, 0.2) is 18.2 Å². The van der Waals surface area contributed by atoms with E-state index in [1.54, 1.807) is 6.07 Å². The molecule has 0 bridgehead atoms. The van der Waals surface area contributed by atoms with Gasteiger partial charge in [0.05, 0.1) is 0 Å². The first-order chi connectivity index (χ1) is 7.46. The molecule has 0 atom stereocenters. The van der Waals surface area contributed by atoms with Crippen molar-refractivity contribution >= 4 is 11.6 Å². The van der Waals surface area contributed by atoms with Crippen molar-refractivity contribution in [3.05, 3.63) is 35.4 Å². The van der Waals surface area contributed by atoms with Crippen molar-refractivity contribution in [2.24, 2.45) is 0 Å². The summed E-state index contributed by atoms with van der Waals surface area (Å²) in [5.41, 5.74) is 0.156. The van der Waals surface area contributed by atoms with Crippen molar-refractivity contribution in [2.75, 3.05) is 5.88 Å². The molecular weight excluding hydrogens is 232 g/mol. The third-order valence-corrected chi connectivity index (χ3v) is 2.70. The van der Waals surface area contributed by atoms with E-state index in [1.165, 1.54) is 6.07 Å². The minimum absolute atomic E-state index is 0.180. The Morgan fingerprint density at radius 2 is 2.00 bits per heavy atom. The van der Waals surface area contributed by atoms with E-state index in [0.717, 1.165) is 12.5 Å². The minimum atomic E-state index is -0.811. The highest BCUT2D eigenvalue weighted by Crippen LogP contribution is 2.14. The first-order valence-corrected chi connectivity index (χ1v) is 5.73. The Labute approximate surface area is 99.8 Å². The van der Waals surface area contributed by atoms with E-state index in [4.69, 9.17) is 11.6 Å². The molecule has 1 aromatic carbocycles. The normalized spacial score (nSPS) is 11.8. The van der Waals surface area contributed by atoms with Crippen molar-refractivity contribution in [1.82, 2.24) is 5.32 Å². The molecule has 0 unspecified atom stereocenters. The Balaban J connectivity index is 2.64. The first-order valence-electron chi connectivity index (χ1n) is 5.20. The van der Waals surface area contributed by atoms with Gasteiger partial charge in [-0.2, -0.15) is 0 Å². The van der Waals surface area contributed by atoms with E-state index in [-0.39, 0.29) is 5.54 Å². The highest BCUT2D eigenvalue weighted by Gasteiger charge is 2.17. The molecule has 0 saturated heterocycles. The topological polar surface area (TPSA) is 12.0 Å². The van der Waals surface area contributed by atoms with Crippen LogP contribution in [0.4, 0.5) is 8.78 Å². The molecular formula is C12H16ClF2N. The van der Waals surface area contributed by atoms with Crippen LogP contribution in [-0.4, -0.2) is 11.4 Å². The van der Waals surface area contributed by atoms with Gasteiger partial charge in [-0.15, -0.1) is 11.6 Å². The van der Waals surface area contributed by atoms with E-state index < -0.39 is 11.6 Å². The second-order valence-electron chi connectivity index (χ2n) is 4.39. The number of hydrogen-bond acceptors (Lipinski definition) is 1. The van der Waals surface area contributed by atoms with Gasteiger partial charge in [0, 0.05) is 23.5 Å². The second-order valence-corrected chi connectivity index (χ2v) is 4.77. The van der Waals surface area contributed by atoms with Crippen molar-refractivity contribution < 1.29 is 8.78 Å². The molecule has 90 valence electrons. The molecule has 1 nitrogen and oxygen atoms in total. The molecule has 0 aliphatic carbocycles. The number of hydrogen-bond donors (Lipinski definition) is 1. The summed E-state index contributed by atoms with van der Waals surface area (Å²) in [5, 5.41) is 3.15. The van der Waals surface area contributed by atoms with Crippen LogP contribution in [0.25, 0.3) is 0 Å². The largest absolute Gasteiger partial charge is 0.308 e. The highest BCUT2D eigenvalue weighted by molar-refractivity contribution is 6.17. The van der Waals surface area contributed by atoms with Crippen LogP contribution in [0.3, 0.4) is 0 Å². The van der Waals surface area contributed by atoms with Gasteiger partial charge in [-0.25, -0.2) is 8.78 Å². The van der Waals surface area contributed by atoms with Gasteiger partial charge in [-0.05, 0) is 26.3 Å². The number of rotatable bonds is 5. The maximum Gasteiger partial charge on any atom is 0.163 e. The minimum Gasteiger partial charge on any atom is -0.308 e. The van der Waals surface area contributed by atoms with E-state index in [2.05, 4.69) is 5.32 Å². The van der Waals surface area contributed by atoms with Crippen LogP contribution in [0, 0.1) is 11.6 Å². The monoisotopic (exact) mass is 247 g/mol. The van der Waals surface area contributed by atoms with Gasteiger partial charge < -0.3 is 5.32 Å². The number of alkyl halides is 1. The molecule has 0 aliphatic rings. The van der Waals surface area contributed by atoms with Crippen LogP contribution >= 0.6 is 11.6 Å². The van der Waals surface area contributed by atoms with Crippen LogP contribution in [0.5, 0.6) is 0 Å².